The van der Waals surface area contributed by atoms with Crippen LogP contribution in [-0.4, -0.2) is 25.2 Å². The highest BCUT2D eigenvalue weighted by Gasteiger charge is 2.16. The third-order valence-electron chi connectivity index (χ3n) is 3.94. The van der Waals surface area contributed by atoms with Gasteiger partial charge in [0.05, 0.1) is 6.10 Å². The fourth-order valence-electron chi connectivity index (χ4n) is 2.55. The fourth-order valence-corrected chi connectivity index (χ4v) is 2.68. The topological polar surface area (TPSA) is 47.6 Å². The molecule has 1 saturated heterocycles. The van der Waals surface area contributed by atoms with Gasteiger partial charge in [0.1, 0.15) is 12.4 Å². The predicted molar refractivity (Wildman–Crippen MR) is 93.5 cm³/mol. The van der Waals surface area contributed by atoms with Crippen LogP contribution in [0.25, 0.3) is 0 Å². The lowest BCUT2D eigenvalue weighted by atomic mass is 10.2. The smallest absolute Gasteiger partial charge is 0.251 e. The van der Waals surface area contributed by atoms with Crippen LogP contribution < -0.4 is 10.1 Å². The van der Waals surface area contributed by atoms with Crippen molar-refractivity contribution in [2.24, 2.45) is 0 Å². The molecule has 1 N–H and O–H groups in total. The van der Waals surface area contributed by atoms with Crippen LogP contribution in [0.1, 0.15) is 28.8 Å². The summed E-state index contributed by atoms with van der Waals surface area (Å²) in [6.07, 6.45) is 2.33. The summed E-state index contributed by atoms with van der Waals surface area (Å²) in [6, 6.07) is 14.6. The van der Waals surface area contributed by atoms with Crippen LogP contribution in [0.2, 0.25) is 5.02 Å². The normalized spacial score (nSPS) is 16.8. The first-order valence-corrected chi connectivity index (χ1v) is 8.45. The number of carbonyl (C=O) groups is 1. The first-order valence-electron chi connectivity index (χ1n) is 8.08. The average molecular weight is 346 g/mol. The Labute approximate surface area is 146 Å². The molecule has 1 fully saturated rings. The van der Waals surface area contributed by atoms with Crippen molar-refractivity contribution in [2.45, 2.75) is 25.5 Å². The van der Waals surface area contributed by atoms with Crippen LogP contribution in [-0.2, 0) is 11.3 Å². The highest BCUT2D eigenvalue weighted by atomic mass is 35.5. The average Bonchev–Trinajstić information content (AvgIpc) is 3.13. The second kappa shape index (κ2) is 8.18. The van der Waals surface area contributed by atoms with Crippen LogP contribution in [0.15, 0.2) is 48.5 Å². The molecule has 126 valence electrons. The van der Waals surface area contributed by atoms with Crippen LogP contribution in [0, 0.1) is 0 Å². The molecule has 4 nitrogen and oxygen atoms in total. The molecule has 1 atom stereocenters. The first-order chi connectivity index (χ1) is 11.7. The maximum absolute atomic E-state index is 12.2. The van der Waals surface area contributed by atoms with E-state index < -0.39 is 0 Å². The van der Waals surface area contributed by atoms with E-state index in [2.05, 4.69) is 5.32 Å². The lowest BCUT2D eigenvalue weighted by Crippen LogP contribution is -2.22. The van der Waals surface area contributed by atoms with E-state index in [4.69, 9.17) is 21.1 Å². The number of carbonyl (C=O) groups excluding carboxylic acids is 1. The van der Waals surface area contributed by atoms with E-state index in [1.807, 2.05) is 36.4 Å². The Morgan fingerprint density at radius 2 is 1.92 bits per heavy atom. The Morgan fingerprint density at radius 3 is 2.58 bits per heavy atom. The van der Waals surface area contributed by atoms with Crippen molar-refractivity contribution in [3.63, 3.8) is 0 Å². The van der Waals surface area contributed by atoms with Gasteiger partial charge in [-0.1, -0.05) is 23.7 Å². The van der Waals surface area contributed by atoms with Gasteiger partial charge >= 0.3 is 0 Å². The molecule has 1 aliphatic rings. The van der Waals surface area contributed by atoms with Gasteiger partial charge in [-0.15, -0.1) is 0 Å². The number of hydrogen-bond donors (Lipinski definition) is 1. The van der Waals surface area contributed by atoms with Crippen LogP contribution >= 0.6 is 11.6 Å². The summed E-state index contributed by atoms with van der Waals surface area (Å²) in [5.74, 6) is 0.635. The van der Waals surface area contributed by atoms with Crippen molar-refractivity contribution in [1.82, 2.24) is 5.32 Å². The van der Waals surface area contributed by atoms with Gasteiger partial charge in [0.2, 0.25) is 0 Å². The van der Waals surface area contributed by atoms with E-state index in [0.29, 0.717) is 23.7 Å². The minimum absolute atomic E-state index is 0.115. The number of amides is 1. The van der Waals surface area contributed by atoms with Crippen LogP contribution in [0.4, 0.5) is 0 Å². The molecule has 0 unspecified atom stereocenters. The lowest BCUT2D eigenvalue weighted by molar-refractivity contribution is 0.0679. The van der Waals surface area contributed by atoms with Gasteiger partial charge in [-0.3, -0.25) is 4.79 Å². The van der Waals surface area contributed by atoms with E-state index in [1.165, 1.54) is 0 Å². The zero-order chi connectivity index (χ0) is 16.8. The van der Waals surface area contributed by atoms with Crippen molar-refractivity contribution < 1.29 is 14.3 Å². The van der Waals surface area contributed by atoms with Crippen molar-refractivity contribution in [3.05, 3.63) is 64.7 Å². The number of nitrogens with one attached hydrogen (secondary N) is 1. The minimum atomic E-state index is -0.115. The van der Waals surface area contributed by atoms with Crippen molar-refractivity contribution >= 4 is 17.5 Å². The summed E-state index contributed by atoms with van der Waals surface area (Å²) in [6.45, 7) is 1.84. The quantitative estimate of drug-likeness (QED) is 0.865. The van der Waals surface area contributed by atoms with Crippen molar-refractivity contribution in [3.8, 4) is 5.75 Å². The Hall–Kier alpha value is -2.04. The zero-order valence-corrected chi connectivity index (χ0v) is 14.1. The molecular formula is C19H20ClNO3. The Kier molecular flexibility index (Phi) is 5.72. The number of hydrogen-bond acceptors (Lipinski definition) is 3. The number of benzene rings is 2. The summed E-state index contributed by atoms with van der Waals surface area (Å²) in [4.78, 5) is 12.2. The third kappa shape index (κ3) is 4.73. The Morgan fingerprint density at radius 1 is 1.17 bits per heavy atom. The van der Waals surface area contributed by atoms with Crippen LogP contribution in [0.5, 0.6) is 5.75 Å². The number of rotatable bonds is 6. The molecule has 2 aromatic rings. The van der Waals surface area contributed by atoms with Gasteiger partial charge in [0.25, 0.3) is 5.91 Å². The van der Waals surface area contributed by atoms with E-state index in [-0.39, 0.29) is 12.0 Å². The van der Waals surface area contributed by atoms with Gasteiger partial charge in [-0.25, -0.2) is 0 Å². The van der Waals surface area contributed by atoms with E-state index in [0.717, 1.165) is 30.8 Å². The summed E-state index contributed by atoms with van der Waals surface area (Å²) >= 11 is 5.85. The summed E-state index contributed by atoms with van der Waals surface area (Å²) in [7, 11) is 0. The summed E-state index contributed by atoms with van der Waals surface area (Å²) in [5.41, 5.74) is 1.61. The number of halogens is 1. The zero-order valence-electron chi connectivity index (χ0n) is 13.3. The molecule has 2 aromatic carbocycles. The Balaban J connectivity index is 1.48. The molecule has 1 heterocycles. The molecule has 0 saturated carbocycles. The van der Waals surface area contributed by atoms with Gasteiger partial charge < -0.3 is 14.8 Å². The molecule has 0 aliphatic carbocycles. The molecular weight excluding hydrogens is 326 g/mol. The minimum Gasteiger partial charge on any atom is -0.491 e. The summed E-state index contributed by atoms with van der Waals surface area (Å²) in [5, 5.41) is 3.57. The molecule has 24 heavy (non-hydrogen) atoms. The van der Waals surface area contributed by atoms with Crippen molar-refractivity contribution in [2.75, 3.05) is 13.2 Å². The molecule has 3 rings (SSSR count). The standard InChI is InChI=1S/C19H20ClNO3/c20-16-7-3-14(4-8-16)12-21-19(22)15-5-9-17(10-6-15)24-13-18-2-1-11-23-18/h3-10,18H,1-2,11-13H2,(H,21,22)/t18-/m1/s1. The fraction of sp³-hybridized carbons (Fsp3) is 0.316. The molecule has 0 spiro atoms. The van der Waals surface area contributed by atoms with Crippen molar-refractivity contribution in [1.29, 1.82) is 0 Å². The SMILES string of the molecule is O=C(NCc1ccc(Cl)cc1)c1ccc(OC[C@H]2CCCO2)cc1. The predicted octanol–water partition coefficient (Wildman–Crippen LogP) is 3.83. The molecule has 0 radical (unpaired) electrons. The molecule has 5 heteroatoms. The van der Waals surface area contributed by atoms with Gasteiger partial charge in [-0.2, -0.15) is 0 Å². The highest BCUT2D eigenvalue weighted by molar-refractivity contribution is 6.30. The van der Waals surface area contributed by atoms with E-state index in [9.17, 15) is 4.79 Å². The second-order valence-electron chi connectivity index (χ2n) is 5.78. The van der Waals surface area contributed by atoms with E-state index >= 15 is 0 Å². The van der Waals surface area contributed by atoms with Crippen LogP contribution in [0.3, 0.4) is 0 Å². The van der Waals surface area contributed by atoms with Gasteiger partial charge in [0.15, 0.2) is 0 Å². The maximum Gasteiger partial charge on any atom is 0.251 e. The molecule has 1 aliphatic heterocycles. The highest BCUT2D eigenvalue weighted by Crippen LogP contribution is 2.17. The lowest BCUT2D eigenvalue weighted by Gasteiger charge is -2.12. The third-order valence-corrected chi connectivity index (χ3v) is 4.19. The second-order valence-corrected chi connectivity index (χ2v) is 6.22. The van der Waals surface area contributed by atoms with Gasteiger partial charge in [-0.05, 0) is 54.8 Å². The molecule has 0 aromatic heterocycles. The number of ether oxygens (including phenoxy) is 2. The Bertz CT molecular complexity index is 664. The molecule has 1 amide bonds. The van der Waals surface area contributed by atoms with E-state index in [1.54, 1.807) is 12.1 Å². The summed E-state index contributed by atoms with van der Waals surface area (Å²) < 4.78 is 11.2. The molecule has 0 bridgehead atoms. The first kappa shape index (κ1) is 16.8. The largest absolute Gasteiger partial charge is 0.491 e. The monoisotopic (exact) mass is 345 g/mol. The maximum atomic E-state index is 12.2. The van der Waals surface area contributed by atoms with Gasteiger partial charge in [0, 0.05) is 23.7 Å².